The molecule has 0 saturated carbocycles. The summed E-state index contributed by atoms with van der Waals surface area (Å²) in [7, 11) is 0. The van der Waals surface area contributed by atoms with Gasteiger partial charge in [0.15, 0.2) is 0 Å². The highest BCUT2D eigenvalue weighted by atomic mass is 16.1. The molecule has 0 unspecified atom stereocenters. The van der Waals surface area contributed by atoms with E-state index in [0.29, 0.717) is 0 Å². The topological polar surface area (TPSA) is 41.5 Å². The van der Waals surface area contributed by atoms with Crippen molar-refractivity contribution in [2.75, 3.05) is 0 Å². The average Bonchev–Trinajstić information content (AvgIpc) is 2.70. The molecule has 1 N–H and O–H groups in total. The predicted molar refractivity (Wildman–Crippen MR) is 87.1 cm³/mol. The molecule has 0 saturated heterocycles. The minimum Gasteiger partial charge on any atom is -0.349 e. The Morgan fingerprint density at radius 2 is 1.50 bits per heavy atom. The van der Waals surface area contributed by atoms with Crippen molar-refractivity contribution >= 4 is 11.6 Å². The van der Waals surface area contributed by atoms with Crippen molar-refractivity contribution in [1.29, 1.82) is 0 Å². The number of rotatable bonds is 1. The summed E-state index contributed by atoms with van der Waals surface area (Å²) < 4.78 is 0. The lowest BCUT2D eigenvalue weighted by Gasteiger charge is -2.30. The molecule has 0 fully saturated rings. The van der Waals surface area contributed by atoms with Gasteiger partial charge in [0.05, 0.1) is 6.04 Å². The summed E-state index contributed by atoms with van der Waals surface area (Å²) in [6.07, 6.45) is 0. The fourth-order valence-electron chi connectivity index (χ4n) is 3.88. The lowest BCUT2D eigenvalue weighted by Crippen LogP contribution is -2.33. The monoisotopic (exact) mass is 290 g/mol. The van der Waals surface area contributed by atoms with E-state index in [1.165, 1.54) is 22.3 Å². The number of nitrogens with zero attached hydrogens (tertiary/aromatic N) is 1. The third-order valence-electron chi connectivity index (χ3n) is 4.73. The fraction of sp³-hybridized carbons (Fsp3) is 0.263. The first-order chi connectivity index (χ1) is 10.7. The van der Waals surface area contributed by atoms with Gasteiger partial charge in [0.25, 0.3) is 0 Å². The Hall–Kier alpha value is -2.42. The summed E-state index contributed by atoms with van der Waals surface area (Å²) in [5, 5.41) is 3.16. The molecule has 2 aromatic rings. The van der Waals surface area contributed by atoms with E-state index in [0.717, 1.165) is 5.71 Å². The van der Waals surface area contributed by atoms with Crippen molar-refractivity contribution < 1.29 is 4.79 Å². The van der Waals surface area contributed by atoms with E-state index in [4.69, 9.17) is 4.99 Å². The van der Waals surface area contributed by atoms with Crippen LogP contribution in [0.25, 0.3) is 0 Å². The normalized spacial score (nSPS) is 24.8. The molecule has 3 nitrogen and oxygen atoms in total. The van der Waals surface area contributed by atoms with E-state index in [-0.39, 0.29) is 23.9 Å². The van der Waals surface area contributed by atoms with Gasteiger partial charge in [-0.15, -0.1) is 0 Å². The molecule has 2 bridgehead atoms. The number of nitrogens with one attached hydrogen (secondary N) is 1. The van der Waals surface area contributed by atoms with Gasteiger partial charge in [-0.2, -0.15) is 0 Å². The number of benzene rings is 2. The van der Waals surface area contributed by atoms with Crippen LogP contribution in [0.3, 0.4) is 0 Å². The lowest BCUT2D eigenvalue weighted by molar-refractivity contribution is -0.119. The van der Waals surface area contributed by atoms with Gasteiger partial charge >= 0.3 is 0 Å². The van der Waals surface area contributed by atoms with Crippen LogP contribution < -0.4 is 5.32 Å². The van der Waals surface area contributed by atoms with Crippen molar-refractivity contribution in [3.63, 3.8) is 0 Å². The van der Waals surface area contributed by atoms with Crippen molar-refractivity contribution in [3.05, 3.63) is 70.8 Å². The van der Waals surface area contributed by atoms with Crippen molar-refractivity contribution in [1.82, 2.24) is 5.32 Å². The van der Waals surface area contributed by atoms with Crippen molar-refractivity contribution in [2.45, 2.75) is 31.8 Å². The molecule has 3 aliphatic rings. The predicted octanol–water partition coefficient (Wildman–Crippen LogP) is 3.52. The van der Waals surface area contributed by atoms with Crippen molar-refractivity contribution in [2.24, 2.45) is 4.99 Å². The Bertz CT molecular complexity index is 794. The van der Waals surface area contributed by atoms with Gasteiger partial charge in [0.1, 0.15) is 6.04 Å². The average molecular weight is 290 g/mol. The van der Waals surface area contributed by atoms with E-state index >= 15 is 0 Å². The maximum absolute atomic E-state index is 11.8. The number of hydrogen-bond acceptors (Lipinski definition) is 2. The quantitative estimate of drug-likeness (QED) is 0.857. The standard InChI is InChI=1S/C19H18N2O/c1-11-17-13-7-3-4-8-14(13)18(20-11)15-9-5-6-10-16(15)19(17)21-12(2)22/h3-10,17-19H,1-2H3,(H,21,22)/t17-,18+,19+/m1/s1. The van der Waals surface area contributed by atoms with Crippen LogP contribution in [0.2, 0.25) is 0 Å². The molecule has 3 atom stereocenters. The summed E-state index contributed by atoms with van der Waals surface area (Å²) in [6.45, 7) is 3.66. The van der Waals surface area contributed by atoms with Crippen LogP contribution >= 0.6 is 0 Å². The summed E-state index contributed by atoms with van der Waals surface area (Å²) in [4.78, 5) is 16.7. The second-order valence-corrected chi connectivity index (χ2v) is 6.09. The van der Waals surface area contributed by atoms with E-state index in [9.17, 15) is 4.79 Å². The second kappa shape index (κ2) is 4.80. The maximum Gasteiger partial charge on any atom is 0.217 e. The first-order valence-corrected chi connectivity index (χ1v) is 7.66. The molecule has 1 aliphatic carbocycles. The molecular formula is C19H18N2O. The maximum atomic E-state index is 11.8. The first-order valence-electron chi connectivity index (χ1n) is 7.66. The molecule has 2 aromatic carbocycles. The Balaban J connectivity index is 2.02. The van der Waals surface area contributed by atoms with Crippen LogP contribution in [-0.2, 0) is 4.79 Å². The molecule has 5 rings (SSSR count). The van der Waals surface area contributed by atoms with Crippen LogP contribution in [0.5, 0.6) is 0 Å². The number of amides is 1. The molecule has 110 valence electrons. The molecule has 2 aliphatic heterocycles. The van der Waals surface area contributed by atoms with E-state index in [2.05, 4.69) is 54.7 Å². The number of hydrogen-bond donors (Lipinski definition) is 1. The largest absolute Gasteiger partial charge is 0.349 e. The molecule has 22 heavy (non-hydrogen) atoms. The summed E-state index contributed by atoms with van der Waals surface area (Å²) in [6, 6.07) is 16.8. The molecule has 3 heteroatoms. The Morgan fingerprint density at radius 1 is 0.955 bits per heavy atom. The van der Waals surface area contributed by atoms with Crippen LogP contribution in [0.15, 0.2) is 53.5 Å². The van der Waals surface area contributed by atoms with Crippen LogP contribution in [0.1, 0.15) is 54.1 Å². The smallest absolute Gasteiger partial charge is 0.217 e. The van der Waals surface area contributed by atoms with Gasteiger partial charge < -0.3 is 5.32 Å². The van der Waals surface area contributed by atoms with Gasteiger partial charge in [-0.25, -0.2) is 0 Å². The summed E-state index contributed by atoms with van der Waals surface area (Å²) >= 11 is 0. The van der Waals surface area contributed by atoms with Crippen LogP contribution in [0, 0.1) is 0 Å². The van der Waals surface area contributed by atoms with Gasteiger partial charge in [0.2, 0.25) is 5.91 Å². The summed E-state index contributed by atoms with van der Waals surface area (Å²) in [5.41, 5.74) is 6.03. The molecule has 0 radical (unpaired) electrons. The Morgan fingerprint density at radius 3 is 2.14 bits per heavy atom. The highest BCUT2D eigenvalue weighted by Gasteiger charge is 2.40. The zero-order chi connectivity index (χ0) is 15.3. The second-order valence-electron chi connectivity index (χ2n) is 6.09. The molecular weight excluding hydrogens is 272 g/mol. The number of carbonyl (C=O) groups is 1. The van der Waals surface area contributed by atoms with E-state index in [1.807, 2.05) is 6.07 Å². The van der Waals surface area contributed by atoms with E-state index < -0.39 is 0 Å². The van der Waals surface area contributed by atoms with E-state index in [1.54, 1.807) is 6.92 Å². The number of carbonyl (C=O) groups excluding carboxylic acids is 1. The molecule has 0 spiro atoms. The van der Waals surface area contributed by atoms with Gasteiger partial charge in [-0.1, -0.05) is 48.5 Å². The molecule has 2 heterocycles. The first kappa shape index (κ1) is 13.3. The minimum atomic E-state index is -0.0499. The fourth-order valence-corrected chi connectivity index (χ4v) is 3.88. The van der Waals surface area contributed by atoms with Crippen LogP contribution in [0.4, 0.5) is 0 Å². The SMILES string of the molecule is CC(=O)N[C@H]1c2ccccc2[C@H]2N=C(C)[C@@H]1c1ccccc12. The molecule has 0 aromatic heterocycles. The molecule has 1 amide bonds. The van der Waals surface area contributed by atoms with Gasteiger partial charge in [-0.3, -0.25) is 9.79 Å². The zero-order valence-corrected chi connectivity index (χ0v) is 12.7. The lowest BCUT2D eigenvalue weighted by atomic mass is 9.82. The number of aliphatic imine (C=N–C) groups is 1. The summed E-state index contributed by atoms with van der Waals surface area (Å²) in [5.74, 6) is 0.107. The highest BCUT2D eigenvalue weighted by molar-refractivity contribution is 5.93. The minimum absolute atomic E-state index is 0.00423. The van der Waals surface area contributed by atoms with Gasteiger partial charge in [0, 0.05) is 18.6 Å². The third-order valence-corrected chi connectivity index (χ3v) is 4.73. The van der Waals surface area contributed by atoms with Gasteiger partial charge in [-0.05, 0) is 29.2 Å². The Kier molecular flexibility index (Phi) is 2.89. The van der Waals surface area contributed by atoms with Crippen molar-refractivity contribution in [3.8, 4) is 0 Å². The Labute approximate surface area is 130 Å². The highest BCUT2D eigenvalue weighted by Crippen LogP contribution is 2.49. The van der Waals surface area contributed by atoms with Crippen LogP contribution in [-0.4, -0.2) is 11.6 Å². The zero-order valence-electron chi connectivity index (χ0n) is 12.7. The third kappa shape index (κ3) is 1.82.